The van der Waals surface area contributed by atoms with Crippen molar-refractivity contribution in [2.75, 3.05) is 6.54 Å². The highest BCUT2D eigenvalue weighted by molar-refractivity contribution is 6.36. The van der Waals surface area contributed by atoms with Crippen LogP contribution >= 0.6 is 0 Å². The van der Waals surface area contributed by atoms with Gasteiger partial charge in [-0.05, 0) is 6.07 Å². The summed E-state index contributed by atoms with van der Waals surface area (Å²) < 4.78 is 0.591. The molecule has 0 N–H and O–H groups in total. The van der Waals surface area contributed by atoms with Crippen LogP contribution in [0.2, 0.25) is 0 Å². The van der Waals surface area contributed by atoms with Gasteiger partial charge in [0.1, 0.15) is 11.4 Å². The summed E-state index contributed by atoms with van der Waals surface area (Å²) in [7, 11) is 0. The number of carbonyl (C=O) groups is 1. The van der Waals surface area contributed by atoms with Gasteiger partial charge >= 0.3 is 0 Å². The Morgan fingerprint density at radius 2 is 2.14 bits per heavy atom. The lowest BCUT2D eigenvalue weighted by Crippen LogP contribution is -2.37. The summed E-state index contributed by atoms with van der Waals surface area (Å²) in [6, 6.07) is 6.57. The van der Waals surface area contributed by atoms with E-state index in [2.05, 4.69) is 4.99 Å². The van der Waals surface area contributed by atoms with Crippen LogP contribution < -0.4 is 5.11 Å². The normalized spacial score (nSPS) is 14.6. The number of carboxylic acid groups (broad SMARTS) is 1. The number of carboxylic acids is 1. The first-order valence-corrected chi connectivity index (χ1v) is 4.01. The molecule has 70 valence electrons. The number of rotatable bonds is 1. The molecule has 1 aromatic carbocycles. The van der Waals surface area contributed by atoms with E-state index in [1.165, 1.54) is 0 Å². The standard InChI is InChI=1S/C9H6N2O3/c12-9(13)7-5-11(14)8-4-2-1-3-6(8)10-7/h1-4H,5H2. The summed E-state index contributed by atoms with van der Waals surface area (Å²) >= 11 is 0. The molecule has 1 heterocycles. The predicted molar refractivity (Wildman–Crippen MR) is 46.7 cm³/mol. The van der Waals surface area contributed by atoms with Crippen LogP contribution in [0.15, 0.2) is 29.3 Å². The molecule has 5 heteroatoms. The molecular weight excluding hydrogens is 184 g/mol. The van der Waals surface area contributed by atoms with Crippen molar-refractivity contribution in [3.63, 3.8) is 0 Å². The SMILES string of the molecule is O=C([O-])C1=Nc2ccccc2[N+](=O)C1. The van der Waals surface area contributed by atoms with E-state index >= 15 is 0 Å². The molecule has 0 bridgehead atoms. The molecule has 0 radical (unpaired) electrons. The van der Waals surface area contributed by atoms with E-state index in [0.717, 1.165) is 0 Å². The third-order valence-corrected chi connectivity index (χ3v) is 1.93. The van der Waals surface area contributed by atoms with E-state index in [9.17, 15) is 14.8 Å². The molecule has 0 atom stereocenters. The van der Waals surface area contributed by atoms with Crippen molar-refractivity contribution in [3.05, 3.63) is 29.2 Å². The third-order valence-electron chi connectivity index (χ3n) is 1.93. The molecule has 1 aliphatic heterocycles. The van der Waals surface area contributed by atoms with Gasteiger partial charge in [-0.3, -0.25) is 0 Å². The lowest BCUT2D eigenvalue weighted by molar-refractivity contribution is -0.447. The fourth-order valence-corrected chi connectivity index (χ4v) is 1.28. The highest BCUT2D eigenvalue weighted by atomic mass is 16.4. The average Bonchev–Trinajstić information content (AvgIpc) is 2.17. The van der Waals surface area contributed by atoms with Crippen LogP contribution in [0.1, 0.15) is 0 Å². The Labute approximate surface area is 79.3 Å². The van der Waals surface area contributed by atoms with Gasteiger partial charge in [0.25, 0.3) is 5.69 Å². The van der Waals surface area contributed by atoms with Crippen LogP contribution in [0.3, 0.4) is 0 Å². The molecule has 0 saturated heterocycles. The number of carbonyl (C=O) groups excluding carboxylic acids is 1. The number of fused-ring (bicyclic) bond motifs is 1. The van der Waals surface area contributed by atoms with Gasteiger partial charge in [0, 0.05) is 15.7 Å². The molecular formula is C9H6N2O3. The zero-order valence-electron chi connectivity index (χ0n) is 7.14. The molecule has 0 aliphatic carbocycles. The molecule has 0 spiro atoms. The van der Waals surface area contributed by atoms with Crippen molar-refractivity contribution < 1.29 is 14.7 Å². The maximum absolute atomic E-state index is 11.3. The number of aliphatic imine (C=N–C) groups is 1. The molecule has 5 nitrogen and oxygen atoms in total. The largest absolute Gasteiger partial charge is 0.543 e. The first kappa shape index (κ1) is 8.55. The molecule has 0 amide bonds. The van der Waals surface area contributed by atoms with Crippen LogP contribution in [0.4, 0.5) is 11.4 Å². The number of hydrogen-bond donors (Lipinski definition) is 0. The van der Waals surface area contributed by atoms with Gasteiger partial charge in [-0.15, -0.1) is 0 Å². The second-order valence-corrected chi connectivity index (χ2v) is 2.87. The molecule has 0 fully saturated rings. The molecule has 0 unspecified atom stereocenters. The van der Waals surface area contributed by atoms with Crippen LogP contribution in [0.5, 0.6) is 0 Å². The fourth-order valence-electron chi connectivity index (χ4n) is 1.28. The summed E-state index contributed by atoms with van der Waals surface area (Å²) in [6.07, 6.45) is 0. The molecule has 14 heavy (non-hydrogen) atoms. The van der Waals surface area contributed by atoms with Crippen molar-refractivity contribution in [1.82, 2.24) is 0 Å². The highest BCUT2D eigenvalue weighted by Gasteiger charge is 2.26. The van der Waals surface area contributed by atoms with Crippen LogP contribution in [-0.2, 0) is 4.79 Å². The number of para-hydroxylation sites is 2. The maximum Gasteiger partial charge on any atom is 0.281 e. The maximum atomic E-state index is 11.3. The zero-order valence-corrected chi connectivity index (χ0v) is 7.14. The topological polar surface area (TPSA) is 72.6 Å². The molecule has 1 aromatic rings. The first-order chi connectivity index (χ1) is 6.68. The van der Waals surface area contributed by atoms with Crippen LogP contribution in [0, 0.1) is 4.91 Å². The Morgan fingerprint density at radius 1 is 1.43 bits per heavy atom. The van der Waals surface area contributed by atoms with Crippen molar-refractivity contribution in [2.24, 2.45) is 4.99 Å². The summed E-state index contributed by atoms with van der Waals surface area (Å²) in [5.41, 5.74) is 0.518. The minimum Gasteiger partial charge on any atom is -0.543 e. The first-order valence-electron chi connectivity index (χ1n) is 4.01. The van der Waals surface area contributed by atoms with E-state index in [1.807, 2.05) is 0 Å². The van der Waals surface area contributed by atoms with Gasteiger partial charge in [0.2, 0.25) is 6.54 Å². The van der Waals surface area contributed by atoms with E-state index in [-0.39, 0.29) is 12.3 Å². The average molecular weight is 190 g/mol. The summed E-state index contributed by atoms with van der Waals surface area (Å²) in [4.78, 5) is 25.7. The summed E-state index contributed by atoms with van der Waals surface area (Å²) in [5.74, 6) is -1.40. The number of nitrogens with zero attached hydrogens (tertiary/aromatic N) is 2. The Balaban J connectivity index is 2.56. The highest BCUT2D eigenvalue weighted by Crippen LogP contribution is 2.29. The van der Waals surface area contributed by atoms with Crippen molar-refractivity contribution in [1.29, 1.82) is 0 Å². The van der Waals surface area contributed by atoms with E-state index < -0.39 is 5.97 Å². The quantitative estimate of drug-likeness (QED) is 0.582. The fraction of sp³-hybridized carbons (Fsp3) is 0.111. The lowest BCUT2D eigenvalue weighted by Gasteiger charge is -2.08. The minimum atomic E-state index is -1.40. The molecule has 2 rings (SSSR count). The summed E-state index contributed by atoms with van der Waals surface area (Å²) in [5, 5.41) is 10.5. The van der Waals surface area contributed by atoms with Gasteiger partial charge in [-0.2, -0.15) is 0 Å². The van der Waals surface area contributed by atoms with Crippen molar-refractivity contribution >= 4 is 23.1 Å². The van der Waals surface area contributed by atoms with Gasteiger partial charge in [0.05, 0.1) is 5.97 Å². The monoisotopic (exact) mass is 190 g/mol. The van der Waals surface area contributed by atoms with Crippen molar-refractivity contribution in [2.45, 2.75) is 0 Å². The number of nitroso groups, excluding NO2 is 1. The van der Waals surface area contributed by atoms with Crippen LogP contribution in [0.25, 0.3) is 0 Å². The Hall–Kier alpha value is -2.04. The number of benzene rings is 1. The second-order valence-electron chi connectivity index (χ2n) is 2.87. The van der Waals surface area contributed by atoms with Gasteiger partial charge in [-0.1, -0.05) is 12.1 Å². The van der Waals surface area contributed by atoms with Crippen molar-refractivity contribution in [3.8, 4) is 0 Å². The van der Waals surface area contributed by atoms with E-state index in [1.54, 1.807) is 24.3 Å². The second kappa shape index (κ2) is 3.02. The van der Waals surface area contributed by atoms with Crippen LogP contribution in [-0.4, -0.2) is 23.0 Å². The molecule has 1 aliphatic rings. The van der Waals surface area contributed by atoms with Gasteiger partial charge < -0.3 is 9.90 Å². The number of hydrogen-bond acceptors (Lipinski definition) is 4. The van der Waals surface area contributed by atoms with Gasteiger partial charge in [-0.25, -0.2) is 4.99 Å². The predicted octanol–water partition coefficient (Wildman–Crippen LogP) is -0.0670. The molecule has 0 saturated carbocycles. The van der Waals surface area contributed by atoms with E-state index in [4.69, 9.17) is 0 Å². The Morgan fingerprint density at radius 3 is 2.86 bits per heavy atom. The number of aliphatic carboxylic acids is 1. The molecule has 0 aromatic heterocycles. The Bertz CT molecular complexity index is 451. The zero-order chi connectivity index (χ0) is 10.1. The third kappa shape index (κ3) is 1.28. The minimum absolute atomic E-state index is 0.237. The Kier molecular flexibility index (Phi) is 1.85. The van der Waals surface area contributed by atoms with Gasteiger partial charge in [0.15, 0.2) is 0 Å². The smallest absolute Gasteiger partial charge is 0.281 e. The van der Waals surface area contributed by atoms with E-state index in [0.29, 0.717) is 16.1 Å². The summed E-state index contributed by atoms with van der Waals surface area (Å²) in [6.45, 7) is -0.265. The lowest BCUT2D eigenvalue weighted by atomic mass is 10.2.